The molecule has 6 nitrogen and oxygen atoms in total. The van der Waals surface area contributed by atoms with Crippen LogP contribution in [0, 0.1) is 5.92 Å². The van der Waals surface area contributed by atoms with Gasteiger partial charge in [-0.2, -0.15) is 4.98 Å². The molecule has 1 aromatic carbocycles. The van der Waals surface area contributed by atoms with Crippen LogP contribution in [0.15, 0.2) is 28.7 Å². The number of aromatic nitrogens is 1. The van der Waals surface area contributed by atoms with E-state index >= 15 is 0 Å². The maximum atomic E-state index is 12.6. The van der Waals surface area contributed by atoms with E-state index in [0.29, 0.717) is 6.04 Å². The summed E-state index contributed by atoms with van der Waals surface area (Å²) in [6.07, 6.45) is 4.28. The third-order valence-corrected chi connectivity index (χ3v) is 5.86. The van der Waals surface area contributed by atoms with Gasteiger partial charge in [-0.05, 0) is 65.1 Å². The minimum absolute atomic E-state index is 0.114. The molecule has 6 heteroatoms. The summed E-state index contributed by atoms with van der Waals surface area (Å²) in [5, 5.41) is 3.16. The van der Waals surface area contributed by atoms with E-state index in [1.807, 2.05) is 45.0 Å². The number of carbonyl (C=O) groups excluding carboxylic acids is 1. The van der Waals surface area contributed by atoms with Crippen LogP contribution in [0.2, 0.25) is 0 Å². The van der Waals surface area contributed by atoms with Crippen LogP contribution in [0.3, 0.4) is 0 Å². The molecule has 152 valence electrons. The number of hydrogen-bond acceptors (Lipinski definition) is 5. The number of fused-ring (bicyclic) bond motifs is 1. The van der Waals surface area contributed by atoms with E-state index in [4.69, 9.17) is 4.42 Å². The number of piperidine rings is 2. The van der Waals surface area contributed by atoms with Crippen molar-refractivity contribution in [2.24, 2.45) is 5.92 Å². The van der Waals surface area contributed by atoms with Crippen molar-refractivity contribution in [3.8, 4) is 0 Å². The second-order valence-electron chi connectivity index (χ2n) is 9.26. The molecular weight excluding hydrogens is 352 g/mol. The molecule has 0 unspecified atom stereocenters. The molecule has 1 aromatic heterocycles. The molecular formula is C22H32N4O2. The minimum atomic E-state index is -0.162. The van der Waals surface area contributed by atoms with Crippen molar-refractivity contribution in [1.29, 1.82) is 0 Å². The molecule has 1 N–H and O–H groups in total. The fourth-order valence-electron chi connectivity index (χ4n) is 4.44. The Kier molecular flexibility index (Phi) is 5.32. The Bertz CT molecular complexity index is 784. The standard InChI is InChI=1S/C22H32N4O2/c1-22(2,3)24-20(27)16-7-6-12-26(15-16)17-10-13-25(14-11-17)21-23-18-8-4-5-9-19(18)28-21/h4-5,8-9,16-17H,6-7,10-15H2,1-3H3,(H,24,27)/t16-/m1/s1. The van der Waals surface area contributed by atoms with Crippen LogP contribution in [0.25, 0.3) is 11.1 Å². The van der Waals surface area contributed by atoms with Gasteiger partial charge in [0.1, 0.15) is 5.52 Å². The number of anilines is 1. The van der Waals surface area contributed by atoms with E-state index in [2.05, 4.69) is 20.1 Å². The number of oxazole rings is 1. The zero-order chi connectivity index (χ0) is 19.7. The first-order chi connectivity index (χ1) is 13.4. The van der Waals surface area contributed by atoms with Crippen LogP contribution in [-0.4, -0.2) is 53.6 Å². The quantitative estimate of drug-likeness (QED) is 0.879. The van der Waals surface area contributed by atoms with Crippen molar-refractivity contribution in [1.82, 2.24) is 15.2 Å². The van der Waals surface area contributed by atoms with Gasteiger partial charge in [-0.3, -0.25) is 9.69 Å². The van der Waals surface area contributed by atoms with Gasteiger partial charge in [0.2, 0.25) is 5.91 Å². The number of para-hydroxylation sites is 2. The fourth-order valence-corrected chi connectivity index (χ4v) is 4.44. The first-order valence-electron chi connectivity index (χ1n) is 10.6. The van der Waals surface area contributed by atoms with E-state index in [0.717, 1.165) is 69.0 Å². The Hall–Kier alpha value is -2.08. The highest BCUT2D eigenvalue weighted by Crippen LogP contribution is 2.28. The van der Waals surface area contributed by atoms with Crippen LogP contribution in [0.1, 0.15) is 46.5 Å². The summed E-state index contributed by atoms with van der Waals surface area (Å²) in [4.78, 5) is 22.0. The molecule has 2 saturated heterocycles. The molecule has 0 spiro atoms. The van der Waals surface area contributed by atoms with E-state index in [1.54, 1.807) is 0 Å². The van der Waals surface area contributed by atoms with E-state index < -0.39 is 0 Å². The van der Waals surface area contributed by atoms with Gasteiger partial charge < -0.3 is 14.6 Å². The Morgan fingerprint density at radius 1 is 1.14 bits per heavy atom. The lowest BCUT2D eigenvalue weighted by Crippen LogP contribution is -2.52. The molecule has 0 saturated carbocycles. The zero-order valence-electron chi connectivity index (χ0n) is 17.3. The molecule has 4 rings (SSSR count). The SMILES string of the molecule is CC(C)(C)NC(=O)[C@@H]1CCCN(C2CCN(c3nc4ccccc4o3)CC2)C1. The predicted molar refractivity (Wildman–Crippen MR) is 111 cm³/mol. The lowest BCUT2D eigenvalue weighted by molar-refractivity contribution is -0.128. The summed E-state index contributed by atoms with van der Waals surface area (Å²) < 4.78 is 5.93. The average molecular weight is 385 g/mol. The maximum absolute atomic E-state index is 12.6. The number of amides is 1. The van der Waals surface area contributed by atoms with Gasteiger partial charge in [-0.25, -0.2) is 0 Å². The number of nitrogens with zero attached hydrogens (tertiary/aromatic N) is 3. The highest BCUT2D eigenvalue weighted by atomic mass is 16.4. The molecule has 0 aliphatic carbocycles. The third-order valence-electron chi connectivity index (χ3n) is 5.86. The summed E-state index contributed by atoms with van der Waals surface area (Å²) in [6, 6.07) is 9.21. The fraction of sp³-hybridized carbons (Fsp3) is 0.636. The molecule has 0 radical (unpaired) electrons. The summed E-state index contributed by atoms with van der Waals surface area (Å²) in [5.74, 6) is 0.323. The van der Waals surface area contributed by atoms with Crippen molar-refractivity contribution in [2.45, 2.75) is 58.0 Å². The Labute approximate surface area is 167 Å². The summed E-state index contributed by atoms with van der Waals surface area (Å²) >= 11 is 0. The van der Waals surface area contributed by atoms with Crippen LogP contribution < -0.4 is 10.2 Å². The van der Waals surface area contributed by atoms with Gasteiger partial charge >= 0.3 is 0 Å². The monoisotopic (exact) mass is 384 g/mol. The Morgan fingerprint density at radius 3 is 2.61 bits per heavy atom. The van der Waals surface area contributed by atoms with Gasteiger partial charge in [-0.15, -0.1) is 0 Å². The molecule has 1 amide bonds. The molecule has 1 atom stereocenters. The van der Waals surface area contributed by atoms with Crippen molar-refractivity contribution in [3.05, 3.63) is 24.3 Å². The normalized spacial score (nSPS) is 22.5. The van der Waals surface area contributed by atoms with Gasteiger partial charge in [0, 0.05) is 31.2 Å². The van der Waals surface area contributed by atoms with Crippen LogP contribution in [-0.2, 0) is 4.79 Å². The third kappa shape index (κ3) is 4.32. The molecule has 2 aromatic rings. The number of carbonyl (C=O) groups is 1. The lowest BCUT2D eigenvalue weighted by atomic mass is 9.92. The van der Waals surface area contributed by atoms with Crippen molar-refractivity contribution in [2.75, 3.05) is 31.1 Å². The topological polar surface area (TPSA) is 61.6 Å². The number of rotatable bonds is 3. The molecule has 2 aliphatic heterocycles. The minimum Gasteiger partial charge on any atom is -0.423 e. The van der Waals surface area contributed by atoms with Crippen LogP contribution in [0.4, 0.5) is 6.01 Å². The van der Waals surface area contributed by atoms with Crippen molar-refractivity contribution >= 4 is 23.0 Å². The highest BCUT2D eigenvalue weighted by molar-refractivity contribution is 5.79. The van der Waals surface area contributed by atoms with Gasteiger partial charge in [0.25, 0.3) is 6.01 Å². The Morgan fingerprint density at radius 2 is 1.89 bits per heavy atom. The predicted octanol–water partition coefficient (Wildman–Crippen LogP) is 3.42. The molecule has 3 heterocycles. The first kappa shape index (κ1) is 19.2. The lowest BCUT2D eigenvalue weighted by Gasteiger charge is -2.42. The van der Waals surface area contributed by atoms with E-state index in [1.165, 1.54) is 0 Å². The molecule has 2 aliphatic rings. The largest absolute Gasteiger partial charge is 0.423 e. The van der Waals surface area contributed by atoms with Crippen molar-refractivity contribution < 1.29 is 9.21 Å². The van der Waals surface area contributed by atoms with Crippen LogP contribution >= 0.6 is 0 Å². The van der Waals surface area contributed by atoms with Gasteiger partial charge in [-0.1, -0.05) is 12.1 Å². The summed E-state index contributed by atoms with van der Waals surface area (Å²) in [6.45, 7) is 10.0. The zero-order valence-corrected chi connectivity index (χ0v) is 17.3. The second kappa shape index (κ2) is 7.74. The van der Waals surface area contributed by atoms with Gasteiger partial charge in [0.05, 0.1) is 5.92 Å². The first-order valence-corrected chi connectivity index (χ1v) is 10.6. The molecule has 28 heavy (non-hydrogen) atoms. The average Bonchev–Trinajstić information content (AvgIpc) is 3.11. The number of benzene rings is 1. The highest BCUT2D eigenvalue weighted by Gasteiger charge is 2.33. The smallest absolute Gasteiger partial charge is 0.298 e. The summed E-state index contributed by atoms with van der Waals surface area (Å²) in [5.41, 5.74) is 1.61. The van der Waals surface area contributed by atoms with E-state index in [-0.39, 0.29) is 17.4 Å². The number of likely N-dealkylation sites (tertiary alicyclic amines) is 1. The molecule has 2 fully saturated rings. The number of nitrogens with one attached hydrogen (secondary N) is 1. The van der Waals surface area contributed by atoms with Gasteiger partial charge in [0.15, 0.2) is 5.58 Å². The van der Waals surface area contributed by atoms with E-state index in [9.17, 15) is 4.79 Å². The Balaban J connectivity index is 1.33. The molecule has 0 bridgehead atoms. The second-order valence-corrected chi connectivity index (χ2v) is 9.26. The number of hydrogen-bond donors (Lipinski definition) is 1. The maximum Gasteiger partial charge on any atom is 0.298 e. The summed E-state index contributed by atoms with van der Waals surface area (Å²) in [7, 11) is 0. The van der Waals surface area contributed by atoms with Crippen molar-refractivity contribution in [3.63, 3.8) is 0 Å². The van der Waals surface area contributed by atoms with Crippen LogP contribution in [0.5, 0.6) is 0 Å².